The molecule has 0 saturated heterocycles. The minimum Gasteiger partial charge on any atom is -0.329 e. The third-order valence-electron chi connectivity index (χ3n) is 6.35. The minimum atomic E-state index is 0. The smallest absolute Gasteiger partial charge is 0.267 e. The molecule has 8 rings (SSSR count). The van der Waals surface area contributed by atoms with Crippen molar-refractivity contribution < 1.29 is 29.2 Å². The molecular formula is C36H26IrN9-3. The maximum Gasteiger partial charge on any atom is 0.267 e. The Morgan fingerprint density at radius 2 is 1.11 bits per heavy atom. The molecule has 0 unspecified atom stereocenters. The van der Waals surface area contributed by atoms with Gasteiger partial charge in [0.25, 0.3) is 12.7 Å². The summed E-state index contributed by atoms with van der Waals surface area (Å²) >= 11 is 0. The summed E-state index contributed by atoms with van der Waals surface area (Å²) in [7, 11) is 0. The van der Waals surface area contributed by atoms with Gasteiger partial charge in [0.05, 0.1) is 22.9 Å². The number of rotatable bonds is 5. The van der Waals surface area contributed by atoms with Crippen LogP contribution < -0.4 is 14.2 Å². The summed E-state index contributed by atoms with van der Waals surface area (Å²) in [5.74, 6) is 0.464. The SMILES string of the molecule is [Ir].[c-]1ccccc1-n1[c-][n+](-c2ccccc2)cc1.[c-]1ccccc1-n1[c-][n+](-c2ccccc2)cc1.c1ccc(-c2nnn[n-]2)nc1. The normalized spacial score (nSPS) is 10.0. The van der Waals surface area contributed by atoms with Crippen LogP contribution in [0.25, 0.3) is 34.3 Å². The fourth-order valence-corrected chi connectivity index (χ4v) is 4.17. The standard InChI is InChI=1S/2C15H11N2.C6H4N5.Ir/c2*1-3-7-14(8-4-1)16-11-12-17(13-16)15-9-5-2-6-10-15;1-2-4-7-5(3-1)6-8-10-11-9-6;/h2*1-9,11-12H;1-4H;/q3*-1;. The molecule has 0 amide bonds. The number of hydrogen-bond donors (Lipinski definition) is 0. The molecule has 8 aromatic rings. The zero-order chi connectivity index (χ0) is 30.5. The van der Waals surface area contributed by atoms with Crippen molar-refractivity contribution in [2.45, 2.75) is 0 Å². The maximum atomic E-state index is 4.02. The van der Waals surface area contributed by atoms with Gasteiger partial charge in [-0.2, -0.15) is 65.9 Å². The van der Waals surface area contributed by atoms with Crippen molar-refractivity contribution in [3.63, 3.8) is 0 Å². The molecule has 10 heteroatoms. The molecule has 227 valence electrons. The number of aromatic nitrogens is 9. The zero-order valence-corrected chi connectivity index (χ0v) is 26.8. The van der Waals surface area contributed by atoms with Crippen molar-refractivity contribution in [3.05, 3.63) is 183 Å². The van der Waals surface area contributed by atoms with E-state index in [0.717, 1.165) is 22.7 Å². The van der Waals surface area contributed by atoms with E-state index in [9.17, 15) is 0 Å². The molecule has 9 nitrogen and oxygen atoms in total. The molecular weight excluding hydrogens is 751 g/mol. The van der Waals surface area contributed by atoms with Gasteiger partial charge in [-0.3, -0.25) is 24.4 Å². The number of imidazole rings is 2. The van der Waals surface area contributed by atoms with Crippen LogP contribution in [0.5, 0.6) is 0 Å². The molecule has 0 aliphatic heterocycles. The number of hydrogen-bond acceptors (Lipinski definition) is 4. The van der Waals surface area contributed by atoms with Gasteiger partial charge in [0.1, 0.15) is 0 Å². The summed E-state index contributed by atoms with van der Waals surface area (Å²) < 4.78 is 7.77. The molecule has 0 atom stereocenters. The average molecular weight is 777 g/mol. The van der Waals surface area contributed by atoms with E-state index in [4.69, 9.17) is 0 Å². The molecule has 4 aromatic heterocycles. The largest absolute Gasteiger partial charge is 0.329 e. The Balaban J connectivity index is 0.000000138. The van der Waals surface area contributed by atoms with Crippen LogP contribution in [0.15, 0.2) is 158 Å². The monoisotopic (exact) mass is 777 g/mol. The summed E-state index contributed by atoms with van der Waals surface area (Å²) in [4.78, 5) is 4.02. The Bertz CT molecular complexity index is 1760. The van der Waals surface area contributed by atoms with Gasteiger partial charge in [-0.15, -0.1) is 0 Å². The second kappa shape index (κ2) is 16.3. The Labute approximate surface area is 280 Å². The third kappa shape index (κ3) is 8.41. The first kappa shape index (κ1) is 31.6. The Hall–Kier alpha value is -5.83. The van der Waals surface area contributed by atoms with Crippen molar-refractivity contribution >= 4 is 0 Å². The third-order valence-corrected chi connectivity index (χ3v) is 6.35. The molecule has 0 spiro atoms. The molecule has 0 saturated carbocycles. The van der Waals surface area contributed by atoms with E-state index < -0.39 is 0 Å². The van der Waals surface area contributed by atoms with Gasteiger partial charge in [-0.25, -0.2) is 0 Å². The quantitative estimate of drug-likeness (QED) is 0.189. The first-order valence-electron chi connectivity index (χ1n) is 14.0. The maximum absolute atomic E-state index is 4.02. The molecule has 0 bridgehead atoms. The number of benzene rings is 4. The van der Waals surface area contributed by atoms with Crippen LogP contribution in [0.1, 0.15) is 0 Å². The Kier molecular flexibility index (Phi) is 11.2. The molecule has 4 heterocycles. The fourth-order valence-electron chi connectivity index (χ4n) is 4.17. The van der Waals surface area contributed by atoms with Gasteiger partial charge in [0.15, 0.2) is 0 Å². The number of nitrogens with zero attached hydrogens (tertiary/aromatic N) is 9. The molecule has 0 fully saturated rings. The predicted octanol–water partition coefficient (Wildman–Crippen LogP) is 4.60. The van der Waals surface area contributed by atoms with E-state index in [1.54, 1.807) is 12.3 Å². The Morgan fingerprint density at radius 1 is 0.587 bits per heavy atom. The molecule has 0 aliphatic carbocycles. The van der Waals surface area contributed by atoms with E-state index in [1.165, 1.54) is 0 Å². The summed E-state index contributed by atoms with van der Waals surface area (Å²) in [5, 5.41) is 14.0. The Morgan fingerprint density at radius 3 is 1.54 bits per heavy atom. The van der Waals surface area contributed by atoms with E-state index in [0.29, 0.717) is 11.5 Å². The van der Waals surface area contributed by atoms with Gasteiger partial charge in [-0.1, -0.05) is 42.5 Å². The predicted molar refractivity (Wildman–Crippen MR) is 166 cm³/mol. The minimum absolute atomic E-state index is 0. The van der Waals surface area contributed by atoms with Crippen molar-refractivity contribution in [1.82, 2.24) is 34.7 Å². The van der Waals surface area contributed by atoms with Crippen molar-refractivity contribution in [2.24, 2.45) is 0 Å². The number of pyridine rings is 1. The van der Waals surface area contributed by atoms with E-state index in [2.05, 4.69) is 74.7 Å². The second-order valence-corrected chi connectivity index (χ2v) is 9.36. The van der Waals surface area contributed by atoms with Crippen LogP contribution in [0.4, 0.5) is 0 Å². The van der Waals surface area contributed by atoms with Gasteiger partial charge >= 0.3 is 0 Å². The summed E-state index contributed by atoms with van der Waals surface area (Å²) in [6, 6.07) is 47.8. The topological polar surface area (TPSA) is 83.3 Å². The summed E-state index contributed by atoms with van der Waals surface area (Å²) in [5.41, 5.74) is 4.87. The van der Waals surface area contributed by atoms with Crippen LogP contribution in [0.3, 0.4) is 0 Å². The number of para-hydroxylation sites is 4. The van der Waals surface area contributed by atoms with Gasteiger partial charge in [-0.05, 0) is 47.8 Å². The molecule has 0 N–H and O–H groups in total. The number of tetrazole rings is 1. The summed E-state index contributed by atoms with van der Waals surface area (Å²) in [6.45, 7) is 0. The average Bonchev–Trinajstić information content (AvgIpc) is 3.94. The first-order valence-corrected chi connectivity index (χ1v) is 14.0. The molecule has 46 heavy (non-hydrogen) atoms. The molecule has 1 radical (unpaired) electrons. The van der Waals surface area contributed by atoms with Crippen molar-refractivity contribution in [1.29, 1.82) is 0 Å². The zero-order valence-electron chi connectivity index (χ0n) is 24.4. The molecule has 0 aliphatic rings. The van der Waals surface area contributed by atoms with Gasteiger partial charge in [0, 0.05) is 51.1 Å². The fraction of sp³-hybridized carbons (Fsp3) is 0. The van der Waals surface area contributed by atoms with Crippen LogP contribution in [-0.4, -0.2) is 29.6 Å². The van der Waals surface area contributed by atoms with E-state index >= 15 is 0 Å². The van der Waals surface area contributed by atoms with Crippen molar-refractivity contribution in [3.8, 4) is 34.3 Å². The van der Waals surface area contributed by atoms with E-state index in [-0.39, 0.29) is 20.1 Å². The van der Waals surface area contributed by atoms with Crippen LogP contribution in [-0.2, 0) is 20.1 Å². The van der Waals surface area contributed by atoms with E-state index in [1.807, 2.05) is 140 Å². The van der Waals surface area contributed by atoms with Crippen LogP contribution in [0.2, 0.25) is 0 Å². The second-order valence-electron chi connectivity index (χ2n) is 9.36. The summed E-state index contributed by atoms with van der Waals surface area (Å²) in [6.07, 6.45) is 16.1. The first-order chi connectivity index (χ1) is 22.3. The molecule has 4 aromatic carbocycles. The van der Waals surface area contributed by atoms with Crippen LogP contribution >= 0.6 is 0 Å². The van der Waals surface area contributed by atoms with Crippen LogP contribution in [0, 0.1) is 24.8 Å². The van der Waals surface area contributed by atoms with Gasteiger partial charge < -0.3 is 14.2 Å². The van der Waals surface area contributed by atoms with Crippen molar-refractivity contribution in [2.75, 3.05) is 0 Å². The van der Waals surface area contributed by atoms with Gasteiger partial charge in [0.2, 0.25) is 0 Å².